The van der Waals surface area contributed by atoms with Gasteiger partial charge in [-0.3, -0.25) is 0 Å². The minimum Gasteiger partial charge on any atom is -0.0622 e. The van der Waals surface area contributed by atoms with Crippen LogP contribution in [-0.2, 0) is 0 Å². The number of hydrogen-bond acceptors (Lipinski definition) is 0. The summed E-state index contributed by atoms with van der Waals surface area (Å²) in [7, 11) is 0. The molecule has 0 N–H and O–H groups in total. The normalized spacial score (nSPS) is 11.4. The molecule has 0 unspecified atom stereocenters. The van der Waals surface area contributed by atoms with Gasteiger partial charge in [0.1, 0.15) is 0 Å². The van der Waals surface area contributed by atoms with Crippen LogP contribution in [0.15, 0.2) is 231 Å². The van der Waals surface area contributed by atoms with Gasteiger partial charge >= 0.3 is 0 Å². The third-order valence-electron chi connectivity index (χ3n) is 11.9. The van der Waals surface area contributed by atoms with Crippen molar-refractivity contribution in [1.29, 1.82) is 0 Å². The summed E-state index contributed by atoms with van der Waals surface area (Å²) in [5, 5.41) is 10.0. The third kappa shape index (κ3) is 5.69. The molecule has 0 aliphatic carbocycles. The molecule has 0 radical (unpaired) electrons. The SMILES string of the molecule is c1ccc(-c2ccccc2-c2ccc(-c3ccc(-c4cccc5ccccc45)c4ccc(-c5c6ccccc6c(-c6ccccc6)c6ccccc56)cc34)cc2)cc1. The summed E-state index contributed by atoms with van der Waals surface area (Å²) in [6.45, 7) is 0. The Labute approximate surface area is 339 Å². The summed E-state index contributed by atoms with van der Waals surface area (Å²) >= 11 is 0. The Bertz CT molecular complexity index is 3240. The van der Waals surface area contributed by atoms with E-state index in [1.807, 2.05) is 0 Å². The van der Waals surface area contributed by atoms with Crippen molar-refractivity contribution >= 4 is 43.1 Å². The Morgan fingerprint density at radius 1 is 0.172 bits per heavy atom. The van der Waals surface area contributed by atoms with E-state index in [4.69, 9.17) is 0 Å². The van der Waals surface area contributed by atoms with Crippen LogP contribution in [0.4, 0.5) is 0 Å². The fourth-order valence-electron chi connectivity index (χ4n) is 9.24. The van der Waals surface area contributed by atoms with Crippen LogP contribution in [-0.4, -0.2) is 0 Å². The van der Waals surface area contributed by atoms with Crippen LogP contribution in [0.3, 0.4) is 0 Å². The first-order chi connectivity index (χ1) is 28.8. The van der Waals surface area contributed by atoms with E-state index in [0.29, 0.717) is 0 Å². The Balaban J connectivity index is 1.15. The lowest BCUT2D eigenvalue weighted by molar-refractivity contribution is 1.57. The number of rotatable bonds is 6. The zero-order valence-corrected chi connectivity index (χ0v) is 31.9. The monoisotopic (exact) mass is 734 g/mol. The molecule has 0 heteroatoms. The van der Waals surface area contributed by atoms with E-state index in [9.17, 15) is 0 Å². The third-order valence-corrected chi connectivity index (χ3v) is 11.9. The molecule has 11 aromatic carbocycles. The molecule has 0 nitrogen and oxygen atoms in total. The fraction of sp³-hybridized carbons (Fsp3) is 0. The molecule has 0 aromatic heterocycles. The average molecular weight is 735 g/mol. The Kier molecular flexibility index (Phi) is 8.26. The van der Waals surface area contributed by atoms with E-state index in [1.165, 1.54) is 110 Å². The molecule has 11 aromatic rings. The molecular weight excluding hydrogens is 697 g/mol. The number of hydrogen-bond donors (Lipinski definition) is 0. The lowest BCUT2D eigenvalue weighted by atomic mass is 9.84. The molecule has 0 spiro atoms. The van der Waals surface area contributed by atoms with Gasteiger partial charge in [-0.1, -0.05) is 224 Å². The van der Waals surface area contributed by atoms with Gasteiger partial charge in [0.15, 0.2) is 0 Å². The molecule has 0 fully saturated rings. The van der Waals surface area contributed by atoms with E-state index >= 15 is 0 Å². The zero-order chi connectivity index (χ0) is 38.4. The minimum atomic E-state index is 1.20. The van der Waals surface area contributed by atoms with Crippen molar-refractivity contribution in [3.05, 3.63) is 231 Å². The maximum Gasteiger partial charge on any atom is -0.00261 e. The van der Waals surface area contributed by atoms with Crippen LogP contribution in [0.1, 0.15) is 0 Å². The van der Waals surface area contributed by atoms with E-state index in [2.05, 4.69) is 231 Å². The summed E-state index contributed by atoms with van der Waals surface area (Å²) in [4.78, 5) is 0. The van der Waals surface area contributed by atoms with E-state index in [0.717, 1.165) is 0 Å². The highest BCUT2D eigenvalue weighted by Gasteiger charge is 2.19. The van der Waals surface area contributed by atoms with Crippen molar-refractivity contribution in [2.45, 2.75) is 0 Å². The second-order valence-corrected chi connectivity index (χ2v) is 15.1. The molecular formula is C58H38. The van der Waals surface area contributed by atoms with Crippen LogP contribution in [0.25, 0.3) is 110 Å². The van der Waals surface area contributed by atoms with Gasteiger partial charge in [-0.05, 0) is 116 Å². The predicted octanol–water partition coefficient (Wildman–Crippen LogP) is 16.3. The van der Waals surface area contributed by atoms with Gasteiger partial charge in [0.2, 0.25) is 0 Å². The summed E-state index contributed by atoms with van der Waals surface area (Å²) < 4.78 is 0. The van der Waals surface area contributed by atoms with Crippen LogP contribution in [0.5, 0.6) is 0 Å². The fourth-order valence-corrected chi connectivity index (χ4v) is 9.24. The summed E-state index contributed by atoms with van der Waals surface area (Å²) in [6.07, 6.45) is 0. The number of fused-ring (bicyclic) bond motifs is 4. The average Bonchev–Trinajstić information content (AvgIpc) is 3.30. The standard InChI is InChI=1S/C58H38/c1-3-16-39(17-4-1)45-22-9-10-23-46(45)41-30-32-42(33-31-41)48-36-37-50(49-29-15-21-40-18-7-8-24-47(40)49)51-35-34-44(38-56(48)51)58-54-27-13-11-25-52(54)57(43-19-5-2-6-20-43)53-26-12-14-28-55(53)58/h1-38H. The number of benzene rings is 11. The first kappa shape index (κ1) is 33.8. The van der Waals surface area contributed by atoms with Gasteiger partial charge in [-0.15, -0.1) is 0 Å². The van der Waals surface area contributed by atoms with Gasteiger partial charge in [-0.2, -0.15) is 0 Å². The lowest BCUT2D eigenvalue weighted by Crippen LogP contribution is -1.92. The highest BCUT2D eigenvalue weighted by atomic mass is 14.2. The van der Waals surface area contributed by atoms with Crippen molar-refractivity contribution < 1.29 is 0 Å². The molecule has 270 valence electrons. The molecule has 0 heterocycles. The molecule has 0 amide bonds. The summed E-state index contributed by atoms with van der Waals surface area (Å²) in [5.74, 6) is 0. The first-order valence-corrected chi connectivity index (χ1v) is 20.1. The quantitative estimate of drug-likeness (QED) is 0.149. The second kappa shape index (κ2) is 14.2. The molecule has 0 aliphatic heterocycles. The van der Waals surface area contributed by atoms with Gasteiger partial charge in [0.05, 0.1) is 0 Å². The molecule has 58 heavy (non-hydrogen) atoms. The first-order valence-electron chi connectivity index (χ1n) is 20.1. The van der Waals surface area contributed by atoms with Gasteiger partial charge in [-0.25, -0.2) is 0 Å². The topological polar surface area (TPSA) is 0 Å². The highest BCUT2D eigenvalue weighted by molar-refractivity contribution is 6.22. The van der Waals surface area contributed by atoms with Gasteiger partial charge in [0.25, 0.3) is 0 Å². The molecule has 0 bridgehead atoms. The second-order valence-electron chi connectivity index (χ2n) is 15.1. The Morgan fingerprint density at radius 2 is 0.569 bits per heavy atom. The smallest absolute Gasteiger partial charge is 0.00261 e. The highest BCUT2D eigenvalue weighted by Crippen LogP contribution is 2.46. The maximum absolute atomic E-state index is 2.45. The molecule has 0 atom stereocenters. The van der Waals surface area contributed by atoms with Crippen molar-refractivity contribution in [2.24, 2.45) is 0 Å². The minimum absolute atomic E-state index is 1.20. The van der Waals surface area contributed by atoms with Crippen molar-refractivity contribution in [3.8, 4) is 66.8 Å². The maximum atomic E-state index is 2.45. The molecule has 0 aliphatic rings. The van der Waals surface area contributed by atoms with Crippen molar-refractivity contribution in [3.63, 3.8) is 0 Å². The van der Waals surface area contributed by atoms with E-state index in [-0.39, 0.29) is 0 Å². The van der Waals surface area contributed by atoms with Gasteiger partial charge in [0, 0.05) is 0 Å². The van der Waals surface area contributed by atoms with E-state index in [1.54, 1.807) is 0 Å². The molecule has 0 saturated carbocycles. The Morgan fingerprint density at radius 3 is 1.19 bits per heavy atom. The summed E-state index contributed by atoms with van der Waals surface area (Å²) in [6, 6.07) is 84.5. The van der Waals surface area contributed by atoms with Crippen LogP contribution in [0.2, 0.25) is 0 Å². The van der Waals surface area contributed by atoms with Gasteiger partial charge < -0.3 is 0 Å². The zero-order valence-electron chi connectivity index (χ0n) is 31.9. The molecule has 11 rings (SSSR count). The Hall–Kier alpha value is -7.54. The predicted molar refractivity (Wildman–Crippen MR) is 249 cm³/mol. The van der Waals surface area contributed by atoms with Crippen LogP contribution in [0, 0.1) is 0 Å². The lowest BCUT2D eigenvalue weighted by Gasteiger charge is -2.19. The van der Waals surface area contributed by atoms with Crippen molar-refractivity contribution in [2.75, 3.05) is 0 Å². The largest absolute Gasteiger partial charge is 0.0622 e. The van der Waals surface area contributed by atoms with Crippen molar-refractivity contribution in [1.82, 2.24) is 0 Å². The summed E-state index contributed by atoms with van der Waals surface area (Å²) in [5.41, 5.74) is 14.8. The van der Waals surface area contributed by atoms with Crippen LogP contribution >= 0.6 is 0 Å². The van der Waals surface area contributed by atoms with Crippen LogP contribution < -0.4 is 0 Å². The van der Waals surface area contributed by atoms with E-state index < -0.39 is 0 Å². The molecule has 0 saturated heterocycles.